The smallest absolute Gasteiger partial charge is 0.0400 e. The van der Waals surface area contributed by atoms with E-state index in [0.717, 1.165) is 31.6 Å². The second-order valence-electron chi connectivity index (χ2n) is 4.06. The molecule has 0 saturated carbocycles. The quantitative estimate of drug-likeness (QED) is 0.603. The van der Waals surface area contributed by atoms with E-state index in [-0.39, 0.29) is 0 Å². The lowest BCUT2D eigenvalue weighted by molar-refractivity contribution is 0.693. The summed E-state index contributed by atoms with van der Waals surface area (Å²) in [6.45, 7) is 6.00. The second-order valence-corrected chi connectivity index (χ2v) is 4.06. The number of hydrogen-bond donors (Lipinski definition) is 1. The first-order chi connectivity index (χ1) is 7.31. The highest BCUT2D eigenvalue weighted by molar-refractivity contribution is 5.61. The molecule has 1 aromatic rings. The fraction of sp³-hybridized carbons (Fsp3) is 0.385. The average molecular weight is 202 g/mol. The van der Waals surface area contributed by atoms with Crippen molar-refractivity contribution in [1.82, 2.24) is 0 Å². The van der Waals surface area contributed by atoms with Crippen molar-refractivity contribution >= 4 is 11.4 Å². The molecule has 80 valence electrons. The molecule has 0 bridgehead atoms. The van der Waals surface area contributed by atoms with Crippen molar-refractivity contribution in [3.63, 3.8) is 0 Å². The number of anilines is 2. The first-order valence-electron chi connectivity index (χ1n) is 5.55. The van der Waals surface area contributed by atoms with Gasteiger partial charge in [0.2, 0.25) is 0 Å². The molecule has 1 heterocycles. The Morgan fingerprint density at radius 1 is 1.47 bits per heavy atom. The summed E-state index contributed by atoms with van der Waals surface area (Å²) in [6.07, 6.45) is 5.41. The van der Waals surface area contributed by atoms with Gasteiger partial charge >= 0.3 is 0 Å². The van der Waals surface area contributed by atoms with Gasteiger partial charge in [-0.25, -0.2) is 0 Å². The molecule has 0 aliphatic carbocycles. The van der Waals surface area contributed by atoms with Crippen LogP contribution >= 0.6 is 0 Å². The number of benzene rings is 1. The first kappa shape index (κ1) is 10.1. The lowest BCUT2D eigenvalue weighted by Crippen LogP contribution is -2.30. The van der Waals surface area contributed by atoms with Crippen LogP contribution in [0.4, 0.5) is 11.4 Å². The van der Waals surface area contributed by atoms with Crippen molar-refractivity contribution in [1.29, 1.82) is 0 Å². The largest absolute Gasteiger partial charge is 0.399 e. The molecule has 1 aromatic carbocycles. The van der Waals surface area contributed by atoms with Crippen molar-refractivity contribution in [3.05, 3.63) is 36.4 Å². The molecule has 1 aliphatic rings. The molecule has 15 heavy (non-hydrogen) atoms. The van der Waals surface area contributed by atoms with Crippen molar-refractivity contribution in [2.24, 2.45) is 0 Å². The second kappa shape index (κ2) is 4.39. The minimum Gasteiger partial charge on any atom is -0.399 e. The van der Waals surface area contributed by atoms with Gasteiger partial charge in [0.25, 0.3) is 0 Å². The van der Waals surface area contributed by atoms with E-state index in [9.17, 15) is 0 Å². The summed E-state index contributed by atoms with van der Waals surface area (Å²) in [4.78, 5) is 2.43. The van der Waals surface area contributed by atoms with Gasteiger partial charge in [-0.1, -0.05) is 6.08 Å². The Labute approximate surface area is 91.4 Å². The molecule has 0 fully saturated rings. The zero-order valence-corrected chi connectivity index (χ0v) is 9.08. The summed E-state index contributed by atoms with van der Waals surface area (Å²) in [5.41, 5.74) is 9.42. The van der Waals surface area contributed by atoms with E-state index in [4.69, 9.17) is 5.73 Å². The van der Waals surface area contributed by atoms with Crippen LogP contribution in [0, 0.1) is 0 Å². The molecule has 0 aromatic heterocycles. The predicted molar refractivity (Wildman–Crippen MR) is 66.2 cm³/mol. The third-order valence-corrected chi connectivity index (χ3v) is 2.92. The minimum atomic E-state index is 0.874. The van der Waals surface area contributed by atoms with Crippen LogP contribution < -0.4 is 10.6 Å². The number of nitrogens with zero attached hydrogens (tertiary/aromatic N) is 1. The number of rotatable bonds is 3. The van der Waals surface area contributed by atoms with Crippen LogP contribution in [0.3, 0.4) is 0 Å². The van der Waals surface area contributed by atoms with Crippen LogP contribution in [0.2, 0.25) is 0 Å². The lowest BCUT2D eigenvalue weighted by Gasteiger charge is -2.31. The molecule has 0 atom stereocenters. The van der Waals surface area contributed by atoms with E-state index in [1.807, 2.05) is 12.1 Å². The zero-order valence-electron chi connectivity index (χ0n) is 9.08. The van der Waals surface area contributed by atoms with Crippen LogP contribution in [0.15, 0.2) is 30.9 Å². The number of aryl methyl sites for hydroxylation is 1. The van der Waals surface area contributed by atoms with Gasteiger partial charge in [0.15, 0.2) is 0 Å². The fourth-order valence-corrected chi connectivity index (χ4v) is 2.17. The number of hydrogen-bond acceptors (Lipinski definition) is 2. The van der Waals surface area contributed by atoms with E-state index in [0.29, 0.717) is 0 Å². The average Bonchev–Trinajstić information content (AvgIpc) is 2.25. The maximum atomic E-state index is 5.79. The molecule has 1 aliphatic heterocycles. The van der Waals surface area contributed by atoms with Crippen molar-refractivity contribution < 1.29 is 0 Å². The summed E-state index contributed by atoms with van der Waals surface area (Å²) in [5.74, 6) is 0. The van der Waals surface area contributed by atoms with E-state index >= 15 is 0 Å². The Bertz CT molecular complexity index is 358. The van der Waals surface area contributed by atoms with E-state index in [1.54, 1.807) is 0 Å². The van der Waals surface area contributed by atoms with E-state index < -0.39 is 0 Å². The standard InChI is InChI=1S/C13H18N2/c1-2-3-8-15-9-4-5-11-10-12(14)6-7-13(11)15/h2,6-7,10H,1,3-5,8-9,14H2. The highest BCUT2D eigenvalue weighted by Crippen LogP contribution is 2.28. The molecular weight excluding hydrogens is 184 g/mol. The van der Waals surface area contributed by atoms with Crippen molar-refractivity contribution in [3.8, 4) is 0 Å². The summed E-state index contributed by atoms with van der Waals surface area (Å²) in [7, 11) is 0. The number of nitrogen functional groups attached to an aromatic ring is 1. The predicted octanol–water partition coefficient (Wildman–Crippen LogP) is 2.60. The topological polar surface area (TPSA) is 29.3 Å². The van der Waals surface area contributed by atoms with E-state index in [2.05, 4.69) is 23.6 Å². The Balaban J connectivity index is 2.22. The fourth-order valence-electron chi connectivity index (χ4n) is 2.17. The highest BCUT2D eigenvalue weighted by Gasteiger charge is 2.15. The van der Waals surface area contributed by atoms with Gasteiger partial charge in [-0.15, -0.1) is 6.58 Å². The monoisotopic (exact) mass is 202 g/mol. The molecule has 0 unspecified atom stereocenters. The van der Waals surface area contributed by atoms with Gasteiger partial charge in [-0.3, -0.25) is 0 Å². The first-order valence-corrected chi connectivity index (χ1v) is 5.55. The molecule has 2 heteroatoms. The molecule has 0 amide bonds. The summed E-state index contributed by atoms with van der Waals surface area (Å²) in [5, 5.41) is 0. The molecule has 2 N–H and O–H groups in total. The van der Waals surface area contributed by atoms with Crippen molar-refractivity contribution in [2.45, 2.75) is 19.3 Å². The molecule has 2 rings (SSSR count). The molecule has 0 saturated heterocycles. The summed E-state index contributed by atoms with van der Waals surface area (Å²) in [6, 6.07) is 6.24. The maximum Gasteiger partial charge on any atom is 0.0400 e. The van der Waals surface area contributed by atoms with Crippen LogP contribution in [-0.4, -0.2) is 13.1 Å². The van der Waals surface area contributed by atoms with Gasteiger partial charge in [0.05, 0.1) is 0 Å². The minimum absolute atomic E-state index is 0.874. The molecule has 0 radical (unpaired) electrons. The normalized spacial score (nSPS) is 14.8. The summed E-state index contributed by atoms with van der Waals surface area (Å²) < 4.78 is 0. The van der Waals surface area contributed by atoms with Gasteiger partial charge in [-0.05, 0) is 43.0 Å². The molecule has 2 nitrogen and oxygen atoms in total. The van der Waals surface area contributed by atoms with Gasteiger partial charge in [-0.2, -0.15) is 0 Å². The Morgan fingerprint density at radius 3 is 3.13 bits per heavy atom. The molecule has 0 spiro atoms. The van der Waals surface area contributed by atoms with Gasteiger partial charge in [0.1, 0.15) is 0 Å². The highest BCUT2D eigenvalue weighted by atomic mass is 15.1. The molecular formula is C13H18N2. The number of nitrogens with two attached hydrogens (primary N) is 1. The zero-order chi connectivity index (χ0) is 10.7. The van der Waals surface area contributed by atoms with E-state index in [1.165, 1.54) is 17.7 Å². The van der Waals surface area contributed by atoms with Crippen molar-refractivity contribution in [2.75, 3.05) is 23.7 Å². The van der Waals surface area contributed by atoms with Gasteiger partial charge in [0, 0.05) is 24.5 Å². The van der Waals surface area contributed by atoms with Crippen LogP contribution in [0.25, 0.3) is 0 Å². The third kappa shape index (κ3) is 2.14. The maximum absolute atomic E-state index is 5.79. The Morgan fingerprint density at radius 2 is 2.33 bits per heavy atom. The Hall–Kier alpha value is -1.44. The SMILES string of the molecule is C=CCCN1CCCc2cc(N)ccc21. The summed E-state index contributed by atoms with van der Waals surface area (Å²) >= 11 is 0. The van der Waals surface area contributed by atoms with Crippen LogP contribution in [0.1, 0.15) is 18.4 Å². The number of fused-ring (bicyclic) bond motifs is 1. The lowest BCUT2D eigenvalue weighted by atomic mass is 10.0. The third-order valence-electron chi connectivity index (χ3n) is 2.92. The van der Waals surface area contributed by atoms with Crippen LogP contribution in [-0.2, 0) is 6.42 Å². The van der Waals surface area contributed by atoms with Crippen LogP contribution in [0.5, 0.6) is 0 Å². The van der Waals surface area contributed by atoms with Gasteiger partial charge < -0.3 is 10.6 Å². The Kier molecular flexibility index (Phi) is 2.95.